The number of hydrogen-bond donors (Lipinski definition) is 1. The van der Waals surface area contributed by atoms with Crippen LogP contribution >= 0.6 is 0 Å². The van der Waals surface area contributed by atoms with E-state index in [-0.39, 0.29) is 0 Å². The molecule has 2 fully saturated rings. The van der Waals surface area contributed by atoms with Crippen molar-refractivity contribution in [3.05, 3.63) is 36.0 Å². The third kappa shape index (κ3) is 2.19. The number of aromatic nitrogens is 1. The van der Waals surface area contributed by atoms with Crippen LogP contribution in [0.5, 0.6) is 0 Å². The highest BCUT2D eigenvalue weighted by Gasteiger charge is 2.31. The van der Waals surface area contributed by atoms with Gasteiger partial charge < -0.3 is 10.6 Å². The van der Waals surface area contributed by atoms with Gasteiger partial charge in [-0.1, -0.05) is 24.3 Å². The summed E-state index contributed by atoms with van der Waals surface area (Å²) in [5.41, 5.74) is 6.99. The van der Waals surface area contributed by atoms with Crippen molar-refractivity contribution in [2.45, 2.75) is 25.4 Å². The van der Waals surface area contributed by atoms with Crippen LogP contribution in [0.4, 0.5) is 5.82 Å². The van der Waals surface area contributed by atoms with Gasteiger partial charge in [0.25, 0.3) is 0 Å². The fourth-order valence-corrected chi connectivity index (χ4v) is 3.83. The molecule has 2 N–H and O–H groups in total. The normalized spacial score (nSPS) is 22.7. The monoisotopic (exact) mass is 282 g/mol. The second kappa shape index (κ2) is 5.28. The fourth-order valence-electron chi connectivity index (χ4n) is 3.83. The second-order valence-corrected chi connectivity index (χ2v) is 6.13. The summed E-state index contributed by atoms with van der Waals surface area (Å²) in [6, 6.07) is 9.24. The van der Waals surface area contributed by atoms with E-state index in [0.29, 0.717) is 12.6 Å². The minimum atomic E-state index is 0.546. The van der Waals surface area contributed by atoms with Crippen molar-refractivity contribution < 1.29 is 0 Å². The van der Waals surface area contributed by atoms with Crippen molar-refractivity contribution in [1.29, 1.82) is 0 Å². The Kier molecular flexibility index (Phi) is 3.28. The van der Waals surface area contributed by atoms with Crippen LogP contribution < -0.4 is 10.6 Å². The summed E-state index contributed by atoms with van der Waals surface area (Å²) in [6.07, 6.45) is 4.63. The zero-order valence-electron chi connectivity index (χ0n) is 12.3. The smallest absolute Gasteiger partial charge is 0.136 e. The molecule has 1 aromatic carbocycles. The van der Waals surface area contributed by atoms with E-state index in [1.165, 1.54) is 36.7 Å². The first kappa shape index (κ1) is 13.0. The maximum Gasteiger partial charge on any atom is 0.136 e. The molecular weight excluding hydrogens is 260 g/mol. The van der Waals surface area contributed by atoms with Crippen molar-refractivity contribution >= 4 is 16.6 Å². The predicted molar refractivity (Wildman–Crippen MR) is 86.4 cm³/mol. The number of benzene rings is 1. The minimum Gasteiger partial charge on any atom is -0.353 e. The van der Waals surface area contributed by atoms with Crippen LogP contribution in [-0.4, -0.2) is 42.1 Å². The highest BCUT2D eigenvalue weighted by Crippen LogP contribution is 2.30. The first-order chi connectivity index (χ1) is 10.4. The van der Waals surface area contributed by atoms with Gasteiger partial charge in [-0.3, -0.25) is 4.90 Å². The Morgan fingerprint density at radius 1 is 1.14 bits per heavy atom. The van der Waals surface area contributed by atoms with Gasteiger partial charge in [0.15, 0.2) is 0 Å². The topological polar surface area (TPSA) is 45.4 Å². The van der Waals surface area contributed by atoms with E-state index in [1.54, 1.807) is 0 Å². The number of piperazine rings is 1. The Morgan fingerprint density at radius 3 is 2.86 bits per heavy atom. The lowest BCUT2D eigenvalue weighted by Gasteiger charge is -2.38. The van der Waals surface area contributed by atoms with E-state index in [0.717, 1.165) is 24.5 Å². The van der Waals surface area contributed by atoms with E-state index in [4.69, 9.17) is 10.7 Å². The van der Waals surface area contributed by atoms with E-state index in [1.807, 2.05) is 6.20 Å². The van der Waals surface area contributed by atoms with Crippen molar-refractivity contribution in [3.8, 4) is 0 Å². The van der Waals surface area contributed by atoms with Gasteiger partial charge in [-0.15, -0.1) is 0 Å². The summed E-state index contributed by atoms with van der Waals surface area (Å²) in [5.74, 6) is 1.13. The molecule has 2 aliphatic rings. The van der Waals surface area contributed by atoms with Gasteiger partial charge in [0, 0.05) is 43.8 Å². The molecule has 0 spiro atoms. The number of nitrogens with zero attached hydrogens (tertiary/aromatic N) is 3. The molecule has 0 saturated carbocycles. The molecule has 0 radical (unpaired) electrons. The van der Waals surface area contributed by atoms with Gasteiger partial charge in [-0.2, -0.15) is 0 Å². The van der Waals surface area contributed by atoms with Gasteiger partial charge in [0.05, 0.1) is 0 Å². The van der Waals surface area contributed by atoms with Crippen molar-refractivity contribution in [2.24, 2.45) is 5.73 Å². The highest BCUT2D eigenvalue weighted by molar-refractivity contribution is 5.94. The molecule has 1 unspecified atom stereocenters. The SMILES string of the molecule is NCc1cnc(N2CCN3CCCC3C2)c2ccccc12. The van der Waals surface area contributed by atoms with E-state index in [9.17, 15) is 0 Å². The van der Waals surface area contributed by atoms with Crippen molar-refractivity contribution in [1.82, 2.24) is 9.88 Å². The number of hydrogen-bond acceptors (Lipinski definition) is 4. The van der Waals surface area contributed by atoms with E-state index in [2.05, 4.69) is 34.1 Å². The van der Waals surface area contributed by atoms with Gasteiger partial charge in [0.1, 0.15) is 5.82 Å². The summed E-state index contributed by atoms with van der Waals surface area (Å²) >= 11 is 0. The summed E-state index contributed by atoms with van der Waals surface area (Å²) in [5, 5.41) is 2.49. The molecule has 21 heavy (non-hydrogen) atoms. The molecular formula is C17H22N4. The quantitative estimate of drug-likeness (QED) is 0.915. The highest BCUT2D eigenvalue weighted by atomic mass is 15.3. The Labute approximate surface area is 125 Å². The van der Waals surface area contributed by atoms with Gasteiger partial charge >= 0.3 is 0 Å². The largest absolute Gasteiger partial charge is 0.353 e. The average molecular weight is 282 g/mol. The van der Waals surface area contributed by atoms with E-state index >= 15 is 0 Å². The zero-order valence-corrected chi connectivity index (χ0v) is 12.3. The summed E-state index contributed by atoms with van der Waals surface area (Å²) < 4.78 is 0. The molecule has 4 heteroatoms. The Hall–Kier alpha value is -1.65. The lowest BCUT2D eigenvalue weighted by Crippen LogP contribution is -2.50. The summed E-state index contributed by atoms with van der Waals surface area (Å²) in [4.78, 5) is 9.84. The molecule has 2 aromatic rings. The Morgan fingerprint density at radius 2 is 2.00 bits per heavy atom. The summed E-state index contributed by atoms with van der Waals surface area (Å²) in [7, 11) is 0. The molecule has 2 aliphatic heterocycles. The second-order valence-electron chi connectivity index (χ2n) is 6.13. The predicted octanol–water partition coefficient (Wildman–Crippen LogP) is 1.98. The first-order valence-corrected chi connectivity index (χ1v) is 7.92. The molecule has 4 nitrogen and oxygen atoms in total. The molecule has 4 rings (SSSR count). The maximum absolute atomic E-state index is 5.85. The number of anilines is 1. The van der Waals surface area contributed by atoms with Crippen LogP contribution in [0.3, 0.4) is 0 Å². The molecule has 0 bridgehead atoms. The third-order valence-electron chi connectivity index (χ3n) is 4.96. The van der Waals surface area contributed by atoms with Crippen LogP contribution in [0.25, 0.3) is 10.8 Å². The van der Waals surface area contributed by atoms with Gasteiger partial charge in [-0.05, 0) is 30.3 Å². The minimum absolute atomic E-state index is 0.546. The first-order valence-electron chi connectivity index (χ1n) is 7.92. The Balaban J connectivity index is 1.73. The molecule has 1 atom stereocenters. The van der Waals surface area contributed by atoms with Crippen LogP contribution in [0.15, 0.2) is 30.5 Å². The molecule has 2 saturated heterocycles. The van der Waals surface area contributed by atoms with Gasteiger partial charge in [-0.25, -0.2) is 4.98 Å². The lowest BCUT2D eigenvalue weighted by molar-refractivity contribution is 0.230. The van der Waals surface area contributed by atoms with Crippen LogP contribution in [-0.2, 0) is 6.54 Å². The molecule has 3 heterocycles. The van der Waals surface area contributed by atoms with Crippen molar-refractivity contribution in [2.75, 3.05) is 31.1 Å². The average Bonchev–Trinajstić information content (AvgIpc) is 3.01. The van der Waals surface area contributed by atoms with Gasteiger partial charge in [0.2, 0.25) is 0 Å². The number of nitrogens with two attached hydrogens (primary N) is 1. The van der Waals surface area contributed by atoms with E-state index < -0.39 is 0 Å². The third-order valence-corrected chi connectivity index (χ3v) is 4.96. The number of pyridine rings is 1. The van der Waals surface area contributed by atoms with Crippen molar-refractivity contribution in [3.63, 3.8) is 0 Å². The molecule has 0 amide bonds. The fraction of sp³-hybridized carbons (Fsp3) is 0.471. The lowest BCUT2D eigenvalue weighted by atomic mass is 10.1. The maximum atomic E-state index is 5.85. The standard InChI is InChI=1S/C17H22N4/c18-10-13-11-19-17(16-6-2-1-5-15(13)16)21-9-8-20-7-3-4-14(20)12-21/h1-2,5-6,11,14H,3-4,7-10,12,18H2. The van der Waals surface area contributed by atoms with Crippen LogP contribution in [0, 0.1) is 0 Å². The van der Waals surface area contributed by atoms with Crippen LogP contribution in [0.1, 0.15) is 18.4 Å². The zero-order chi connectivity index (χ0) is 14.2. The molecule has 1 aromatic heterocycles. The molecule has 0 aliphatic carbocycles. The number of rotatable bonds is 2. The summed E-state index contributed by atoms with van der Waals surface area (Å²) in [6.45, 7) is 5.18. The number of fused-ring (bicyclic) bond motifs is 2. The Bertz CT molecular complexity index is 654. The van der Waals surface area contributed by atoms with Crippen LogP contribution in [0.2, 0.25) is 0 Å². The molecule has 110 valence electrons.